The maximum absolute atomic E-state index is 11.6. The van der Waals surface area contributed by atoms with Crippen LogP contribution in [-0.4, -0.2) is 14.5 Å². The van der Waals surface area contributed by atoms with Gasteiger partial charge in [0.1, 0.15) is 0 Å². The number of hydrogen-bond donors (Lipinski definition) is 3. The van der Waals surface area contributed by atoms with Gasteiger partial charge in [0.2, 0.25) is 0 Å². The van der Waals surface area contributed by atoms with Crippen LogP contribution in [0.2, 0.25) is 0 Å². The molecule has 88 valence electrons. The lowest BCUT2D eigenvalue weighted by atomic mass is 10.3. The van der Waals surface area contributed by atoms with Gasteiger partial charge >= 0.3 is 0 Å². The van der Waals surface area contributed by atoms with E-state index in [-0.39, 0.29) is 6.04 Å². The Bertz CT molecular complexity index is 499. The Hall–Kier alpha value is -0.790. The summed E-state index contributed by atoms with van der Waals surface area (Å²) < 4.78 is 28.9. The molecule has 0 unspecified atom stereocenters. The predicted octanol–water partition coefficient (Wildman–Crippen LogP) is 1.44. The van der Waals surface area contributed by atoms with Crippen molar-refractivity contribution in [3.05, 3.63) is 22.7 Å². The fourth-order valence-corrected chi connectivity index (χ4v) is 2.81. The number of nitrogens with two attached hydrogens (primary N) is 1. The average molecular weight is 306 g/mol. The largest absolute Gasteiger partial charge is 0.397 e. The first-order chi connectivity index (χ1) is 7.46. The summed E-state index contributed by atoms with van der Waals surface area (Å²) in [5, 5.41) is 0. The van der Waals surface area contributed by atoms with E-state index >= 15 is 0 Å². The lowest BCUT2D eigenvalue weighted by Crippen LogP contribution is -2.32. The second-order valence-corrected chi connectivity index (χ2v) is 6.09. The van der Waals surface area contributed by atoms with Crippen LogP contribution in [0.15, 0.2) is 22.7 Å². The monoisotopic (exact) mass is 305 g/mol. The highest BCUT2D eigenvalue weighted by molar-refractivity contribution is 9.10. The fraction of sp³-hybridized carbons (Fsp3) is 0.333. The van der Waals surface area contributed by atoms with E-state index in [0.29, 0.717) is 11.4 Å². The molecular formula is C9H12BrN3O2S. The zero-order valence-corrected chi connectivity index (χ0v) is 10.8. The highest BCUT2D eigenvalue weighted by atomic mass is 79.9. The Kier molecular flexibility index (Phi) is 3.09. The molecule has 1 aliphatic carbocycles. The van der Waals surface area contributed by atoms with E-state index < -0.39 is 10.2 Å². The third-order valence-electron chi connectivity index (χ3n) is 2.16. The SMILES string of the molecule is Nc1cc(Br)ccc1NS(=O)(=O)NC1CC1. The third kappa shape index (κ3) is 3.10. The van der Waals surface area contributed by atoms with E-state index in [9.17, 15) is 8.42 Å². The highest BCUT2D eigenvalue weighted by Crippen LogP contribution is 2.25. The van der Waals surface area contributed by atoms with Crippen molar-refractivity contribution in [2.24, 2.45) is 0 Å². The van der Waals surface area contributed by atoms with E-state index in [2.05, 4.69) is 25.4 Å². The molecular weight excluding hydrogens is 294 g/mol. The van der Waals surface area contributed by atoms with Crippen molar-refractivity contribution < 1.29 is 8.42 Å². The summed E-state index contributed by atoms with van der Waals surface area (Å²) in [6.07, 6.45) is 1.80. The van der Waals surface area contributed by atoms with Gasteiger partial charge in [-0.3, -0.25) is 4.72 Å². The quantitative estimate of drug-likeness (QED) is 0.736. The molecule has 0 heterocycles. The average Bonchev–Trinajstić information content (AvgIpc) is 2.93. The second kappa shape index (κ2) is 4.23. The molecule has 0 bridgehead atoms. The van der Waals surface area contributed by atoms with Gasteiger partial charge in [-0.25, -0.2) is 0 Å². The first-order valence-corrected chi connectivity index (χ1v) is 7.09. The number of benzene rings is 1. The molecule has 0 spiro atoms. The third-order valence-corrected chi connectivity index (χ3v) is 3.78. The summed E-state index contributed by atoms with van der Waals surface area (Å²) in [6, 6.07) is 5.07. The van der Waals surface area contributed by atoms with Gasteiger partial charge in [0, 0.05) is 10.5 Å². The van der Waals surface area contributed by atoms with Crippen LogP contribution in [0.25, 0.3) is 0 Å². The van der Waals surface area contributed by atoms with Crippen molar-refractivity contribution in [1.29, 1.82) is 0 Å². The lowest BCUT2D eigenvalue weighted by molar-refractivity contribution is 0.586. The summed E-state index contributed by atoms with van der Waals surface area (Å²) in [5.74, 6) is 0. The standard InChI is InChI=1S/C9H12BrN3O2S/c10-6-1-4-9(8(11)5-6)13-16(14,15)12-7-2-3-7/h1,4-5,7,12-13H,2-3,11H2. The van der Waals surface area contributed by atoms with Crippen LogP contribution >= 0.6 is 15.9 Å². The van der Waals surface area contributed by atoms with Gasteiger partial charge in [0.05, 0.1) is 11.4 Å². The molecule has 0 atom stereocenters. The second-order valence-electron chi connectivity index (χ2n) is 3.73. The van der Waals surface area contributed by atoms with Crippen molar-refractivity contribution in [1.82, 2.24) is 4.72 Å². The molecule has 2 rings (SSSR count). The first kappa shape index (κ1) is 11.7. The molecule has 1 fully saturated rings. The van der Waals surface area contributed by atoms with Gasteiger partial charge in [-0.1, -0.05) is 15.9 Å². The Morgan fingerprint density at radius 1 is 1.38 bits per heavy atom. The normalized spacial score (nSPS) is 16.1. The minimum Gasteiger partial charge on any atom is -0.397 e. The maximum Gasteiger partial charge on any atom is 0.299 e. The molecule has 1 aliphatic rings. The molecule has 0 radical (unpaired) electrons. The zero-order chi connectivity index (χ0) is 11.8. The van der Waals surface area contributed by atoms with Crippen LogP contribution in [0.5, 0.6) is 0 Å². The zero-order valence-electron chi connectivity index (χ0n) is 8.40. The van der Waals surface area contributed by atoms with Crippen molar-refractivity contribution in [2.75, 3.05) is 10.5 Å². The minimum absolute atomic E-state index is 0.0779. The molecule has 1 aromatic carbocycles. The Morgan fingerprint density at radius 3 is 2.62 bits per heavy atom. The van der Waals surface area contributed by atoms with Gasteiger partial charge in [-0.05, 0) is 31.0 Å². The number of nitrogen functional groups attached to an aromatic ring is 1. The van der Waals surface area contributed by atoms with Crippen LogP contribution in [0.1, 0.15) is 12.8 Å². The number of halogens is 1. The molecule has 0 aromatic heterocycles. The predicted molar refractivity (Wildman–Crippen MR) is 67.3 cm³/mol. The van der Waals surface area contributed by atoms with Crippen molar-refractivity contribution >= 4 is 37.5 Å². The topological polar surface area (TPSA) is 84.2 Å². The van der Waals surface area contributed by atoms with Crippen LogP contribution in [0.4, 0.5) is 11.4 Å². The van der Waals surface area contributed by atoms with Gasteiger partial charge in [0.15, 0.2) is 0 Å². The van der Waals surface area contributed by atoms with E-state index in [1.165, 1.54) is 0 Å². The van der Waals surface area contributed by atoms with Crippen LogP contribution in [0.3, 0.4) is 0 Å². The Labute approximate surface area is 103 Å². The van der Waals surface area contributed by atoms with Crippen LogP contribution in [0, 0.1) is 0 Å². The van der Waals surface area contributed by atoms with Gasteiger partial charge in [0.25, 0.3) is 10.2 Å². The summed E-state index contributed by atoms with van der Waals surface area (Å²) in [4.78, 5) is 0. The van der Waals surface area contributed by atoms with E-state index in [1.54, 1.807) is 18.2 Å². The van der Waals surface area contributed by atoms with Crippen molar-refractivity contribution in [3.63, 3.8) is 0 Å². The molecule has 0 amide bonds. The Morgan fingerprint density at radius 2 is 2.06 bits per heavy atom. The maximum atomic E-state index is 11.6. The minimum atomic E-state index is -3.50. The Balaban J connectivity index is 2.13. The number of hydrogen-bond acceptors (Lipinski definition) is 3. The van der Waals surface area contributed by atoms with Crippen LogP contribution < -0.4 is 15.2 Å². The molecule has 7 heteroatoms. The number of rotatable bonds is 4. The lowest BCUT2D eigenvalue weighted by Gasteiger charge is -2.10. The number of anilines is 2. The summed E-state index contributed by atoms with van der Waals surface area (Å²) in [7, 11) is -3.50. The van der Waals surface area contributed by atoms with Gasteiger partial charge in [-0.15, -0.1) is 0 Å². The number of nitrogens with one attached hydrogen (secondary N) is 2. The molecule has 0 aliphatic heterocycles. The van der Waals surface area contributed by atoms with E-state index in [4.69, 9.17) is 5.73 Å². The van der Waals surface area contributed by atoms with E-state index in [0.717, 1.165) is 17.3 Å². The van der Waals surface area contributed by atoms with E-state index in [1.807, 2.05) is 0 Å². The molecule has 1 aromatic rings. The van der Waals surface area contributed by atoms with Crippen molar-refractivity contribution in [2.45, 2.75) is 18.9 Å². The molecule has 16 heavy (non-hydrogen) atoms. The van der Waals surface area contributed by atoms with Gasteiger partial charge in [-0.2, -0.15) is 13.1 Å². The van der Waals surface area contributed by atoms with Crippen LogP contribution in [-0.2, 0) is 10.2 Å². The smallest absolute Gasteiger partial charge is 0.299 e. The summed E-state index contributed by atoms with van der Waals surface area (Å²) >= 11 is 3.25. The first-order valence-electron chi connectivity index (χ1n) is 4.81. The molecule has 5 nitrogen and oxygen atoms in total. The molecule has 4 N–H and O–H groups in total. The highest BCUT2D eigenvalue weighted by Gasteiger charge is 2.27. The van der Waals surface area contributed by atoms with Crippen molar-refractivity contribution in [3.8, 4) is 0 Å². The summed E-state index contributed by atoms with van der Waals surface area (Å²) in [6.45, 7) is 0. The fourth-order valence-electron chi connectivity index (χ4n) is 1.22. The van der Waals surface area contributed by atoms with Gasteiger partial charge < -0.3 is 5.73 Å². The molecule has 1 saturated carbocycles. The summed E-state index contributed by atoms with van der Waals surface area (Å²) in [5.41, 5.74) is 6.46. The molecule has 0 saturated heterocycles.